The van der Waals surface area contributed by atoms with Crippen molar-refractivity contribution in [2.24, 2.45) is 5.92 Å². The van der Waals surface area contributed by atoms with Crippen LogP contribution in [0.25, 0.3) is 5.69 Å². The first-order valence-electron chi connectivity index (χ1n) is 9.75. The van der Waals surface area contributed by atoms with Crippen molar-refractivity contribution in [3.05, 3.63) is 65.4 Å². The lowest BCUT2D eigenvalue weighted by Crippen LogP contribution is -2.37. The van der Waals surface area contributed by atoms with E-state index in [9.17, 15) is 4.79 Å². The van der Waals surface area contributed by atoms with Gasteiger partial charge in [-0.25, -0.2) is 0 Å². The molecule has 1 amide bonds. The van der Waals surface area contributed by atoms with E-state index >= 15 is 0 Å². The van der Waals surface area contributed by atoms with Gasteiger partial charge in [0.2, 0.25) is 5.91 Å². The van der Waals surface area contributed by atoms with E-state index in [-0.39, 0.29) is 24.3 Å². The highest BCUT2D eigenvalue weighted by Gasteiger charge is 2.18. The van der Waals surface area contributed by atoms with Crippen molar-refractivity contribution in [2.45, 2.75) is 38.6 Å². The largest absolute Gasteiger partial charge is 0.484 e. The van der Waals surface area contributed by atoms with Gasteiger partial charge in [0.15, 0.2) is 11.0 Å². The van der Waals surface area contributed by atoms with Crippen LogP contribution in [-0.2, 0) is 11.4 Å². The molecule has 0 spiro atoms. The molecule has 8 heteroatoms. The number of carbonyl (C=O) groups excluding carboxylic acids is 1. The fourth-order valence-electron chi connectivity index (χ4n) is 2.62. The molecule has 0 radical (unpaired) electrons. The van der Waals surface area contributed by atoms with Crippen LogP contribution in [0.15, 0.2) is 59.8 Å². The Morgan fingerprint density at radius 3 is 2.50 bits per heavy atom. The first kappa shape index (κ1) is 22.2. The summed E-state index contributed by atoms with van der Waals surface area (Å²) in [4.78, 5) is 12.3. The lowest BCUT2D eigenvalue weighted by molar-refractivity contribution is -0.119. The number of benzene rings is 2. The van der Waals surface area contributed by atoms with Crippen LogP contribution in [0, 0.1) is 5.92 Å². The van der Waals surface area contributed by atoms with E-state index in [1.165, 1.54) is 11.8 Å². The number of nitrogens with one attached hydrogen (secondary N) is 1. The van der Waals surface area contributed by atoms with Crippen molar-refractivity contribution in [3.8, 4) is 11.4 Å². The molecule has 6 nitrogen and oxygen atoms in total. The fourth-order valence-corrected chi connectivity index (χ4v) is 3.59. The van der Waals surface area contributed by atoms with Crippen LogP contribution in [0.2, 0.25) is 5.02 Å². The van der Waals surface area contributed by atoms with Crippen molar-refractivity contribution in [1.82, 2.24) is 20.1 Å². The van der Waals surface area contributed by atoms with Crippen LogP contribution < -0.4 is 10.1 Å². The zero-order valence-corrected chi connectivity index (χ0v) is 18.8. The first-order chi connectivity index (χ1) is 14.5. The van der Waals surface area contributed by atoms with Crippen LogP contribution in [0.4, 0.5) is 0 Å². The maximum absolute atomic E-state index is 12.3. The Bertz CT molecular complexity index is 978. The van der Waals surface area contributed by atoms with Gasteiger partial charge in [-0.1, -0.05) is 67.5 Å². The Hall–Kier alpha value is -2.51. The number of ether oxygens (including phenoxy) is 1. The molecule has 1 aromatic heterocycles. The molecule has 0 aliphatic heterocycles. The molecule has 1 heterocycles. The third kappa shape index (κ3) is 5.77. The van der Waals surface area contributed by atoms with E-state index < -0.39 is 0 Å². The summed E-state index contributed by atoms with van der Waals surface area (Å²) in [6.07, 6.45) is 0. The summed E-state index contributed by atoms with van der Waals surface area (Å²) in [5.74, 6) is 1.81. The van der Waals surface area contributed by atoms with Crippen molar-refractivity contribution >= 4 is 29.3 Å². The summed E-state index contributed by atoms with van der Waals surface area (Å²) in [6.45, 7) is 6.36. The maximum Gasteiger partial charge on any atom is 0.230 e. The minimum atomic E-state index is -0.0299. The molecule has 0 aliphatic carbocycles. The average molecular weight is 445 g/mol. The number of carbonyl (C=O) groups is 1. The van der Waals surface area contributed by atoms with Gasteiger partial charge in [0.1, 0.15) is 12.4 Å². The van der Waals surface area contributed by atoms with Crippen LogP contribution >= 0.6 is 23.4 Å². The molecular weight excluding hydrogens is 420 g/mol. The number of hydrogen-bond donors (Lipinski definition) is 1. The summed E-state index contributed by atoms with van der Waals surface area (Å²) in [6, 6.07) is 17.2. The number of aromatic nitrogens is 3. The van der Waals surface area contributed by atoms with Gasteiger partial charge in [-0.15, -0.1) is 10.2 Å². The third-order valence-corrected chi connectivity index (χ3v) is 5.87. The van der Waals surface area contributed by atoms with E-state index in [2.05, 4.69) is 29.4 Å². The minimum absolute atomic E-state index is 0.0299. The number of para-hydroxylation sites is 2. The Morgan fingerprint density at radius 2 is 1.80 bits per heavy atom. The summed E-state index contributed by atoms with van der Waals surface area (Å²) >= 11 is 7.53. The molecule has 2 aromatic carbocycles. The van der Waals surface area contributed by atoms with E-state index in [0.29, 0.717) is 27.7 Å². The van der Waals surface area contributed by atoms with E-state index in [0.717, 1.165) is 5.69 Å². The second-order valence-electron chi connectivity index (χ2n) is 7.18. The van der Waals surface area contributed by atoms with E-state index in [1.54, 1.807) is 12.1 Å². The molecule has 0 saturated carbocycles. The molecule has 158 valence electrons. The number of rotatable bonds is 9. The first-order valence-corrected chi connectivity index (χ1v) is 11.1. The number of halogens is 1. The molecule has 0 aliphatic rings. The predicted octanol–water partition coefficient (Wildman–Crippen LogP) is 4.75. The van der Waals surface area contributed by atoms with Gasteiger partial charge in [0.05, 0.1) is 10.8 Å². The van der Waals surface area contributed by atoms with E-state index in [4.69, 9.17) is 16.3 Å². The van der Waals surface area contributed by atoms with E-state index in [1.807, 2.05) is 54.0 Å². The van der Waals surface area contributed by atoms with Gasteiger partial charge in [0, 0.05) is 11.7 Å². The Balaban J connectivity index is 1.77. The van der Waals surface area contributed by atoms with Gasteiger partial charge in [0.25, 0.3) is 0 Å². The second-order valence-corrected chi connectivity index (χ2v) is 8.53. The van der Waals surface area contributed by atoms with Crippen LogP contribution in [0.1, 0.15) is 26.6 Å². The summed E-state index contributed by atoms with van der Waals surface area (Å²) < 4.78 is 7.76. The highest BCUT2D eigenvalue weighted by atomic mass is 35.5. The Morgan fingerprint density at radius 1 is 1.10 bits per heavy atom. The van der Waals surface area contributed by atoms with Gasteiger partial charge in [-0.3, -0.25) is 9.36 Å². The summed E-state index contributed by atoms with van der Waals surface area (Å²) in [7, 11) is 0. The predicted molar refractivity (Wildman–Crippen MR) is 120 cm³/mol. The average Bonchev–Trinajstić information content (AvgIpc) is 3.15. The second kappa shape index (κ2) is 10.5. The van der Waals surface area contributed by atoms with Gasteiger partial charge in [-0.05, 0) is 37.1 Å². The SMILES string of the molecule is CC(C)C(C)NC(=O)CSc1nnc(COc2ccccc2Cl)n1-c1ccccc1. The van der Waals surface area contributed by atoms with Crippen LogP contribution in [0.5, 0.6) is 5.75 Å². The highest BCUT2D eigenvalue weighted by molar-refractivity contribution is 7.99. The summed E-state index contributed by atoms with van der Waals surface area (Å²) in [5, 5.41) is 12.8. The lowest BCUT2D eigenvalue weighted by Gasteiger charge is -2.17. The van der Waals surface area contributed by atoms with Gasteiger partial charge in [-0.2, -0.15) is 0 Å². The molecule has 1 N–H and O–H groups in total. The quantitative estimate of drug-likeness (QED) is 0.482. The normalized spacial score (nSPS) is 12.0. The Labute approximate surface area is 186 Å². The lowest BCUT2D eigenvalue weighted by atomic mass is 10.1. The fraction of sp³-hybridized carbons (Fsp3) is 0.318. The topological polar surface area (TPSA) is 69.0 Å². The smallest absolute Gasteiger partial charge is 0.230 e. The maximum atomic E-state index is 12.3. The number of hydrogen-bond acceptors (Lipinski definition) is 5. The Kier molecular flexibility index (Phi) is 7.76. The van der Waals surface area contributed by atoms with Crippen LogP contribution in [0.3, 0.4) is 0 Å². The number of thioether (sulfide) groups is 1. The molecule has 0 fully saturated rings. The molecule has 3 rings (SSSR count). The van der Waals surface area contributed by atoms with Crippen molar-refractivity contribution in [2.75, 3.05) is 5.75 Å². The van der Waals surface area contributed by atoms with Crippen molar-refractivity contribution < 1.29 is 9.53 Å². The summed E-state index contributed by atoms with van der Waals surface area (Å²) in [5.41, 5.74) is 0.902. The molecule has 1 unspecified atom stereocenters. The standard InChI is InChI=1S/C22H25ClN4O2S/c1-15(2)16(3)24-21(28)14-30-22-26-25-20(27(22)17-9-5-4-6-10-17)13-29-19-12-8-7-11-18(19)23/h4-12,15-16H,13-14H2,1-3H3,(H,24,28). The number of nitrogens with zero attached hydrogens (tertiary/aromatic N) is 3. The third-order valence-electron chi connectivity index (χ3n) is 4.63. The number of amides is 1. The monoisotopic (exact) mass is 444 g/mol. The molecule has 1 atom stereocenters. The molecule has 0 saturated heterocycles. The van der Waals surface area contributed by atoms with Gasteiger partial charge >= 0.3 is 0 Å². The highest BCUT2D eigenvalue weighted by Crippen LogP contribution is 2.26. The molecule has 0 bridgehead atoms. The van der Waals surface area contributed by atoms with Crippen molar-refractivity contribution in [1.29, 1.82) is 0 Å². The zero-order valence-electron chi connectivity index (χ0n) is 17.2. The molecular formula is C22H25ClN4O2S. The molecule has 30 heavy (non-hydrogen) atoms. The van der Waals surface area contributed by atoms with Crippen molar-refractivity contribution in [3.63, 3.8) is 0 Å². The minimum Gasteiger partial charge on any atom is -0.484 e. The van der Waals surface area contributed by atoms with Crippen LogP contribution in [-0.4, -0.2) is 32.5 Å². The molecule has 3 aromatic rings. The zero-order chi connectivity index (χ0) is 21.5. The van der Waals surface area contributed by atoms with Gasteiger partial charge < -0.3 is 10.1 Å².